The number of nitrogens with zero attached hydrogens (tertiary/aromatic N) is 1. The summed E-state index contributed by atoms with van der Waals surface area (Å²) in [6.07, 6.45) is 2.11. The van der Waals surface area contributed by atoms with Gasteiger partial charge >= 0.3 is 0 Å². The van der Waals surface area contributed by atoms with E-state index in [-0.39, 0.29) is 5.91 Å². The van der Waals surface area contributed by atoms with E-state index in [4.69, 9.17) is 10.6 Å². The zero-order valence-corrected chi connectivity index (χ0v) is 11.3. The monoisotopic (exact) mass is 269 g/mol. The standard InChI is InChI=1S/C12H19N3O2S/c1-15(10-2-5-17-6-3-10)8-9-4-7-18-11(9)12(16)14-13/h4,7,10H,2-3,5-6,8,13H2,1H3,(H,14,16). The molecule has 2 rings (SSSR count). The third-order valence-corrected chi connectivity index (χ3v) is 4.27. The van der Waals surface area contributed by atoms with Crippen LogP contribution in [0.4, 0.5) is 0 Å². The second kappa shape index (κ2) is 6.29. The van der Waals surface area contributed by atoms with Crippen LogP contribution in [0.15, 0.2) is 11.4 Å². The normalized spacial score (nSPS) is 17.1. The van der Waals surface area contributed by atoms with Gasteiger partial charge in [0.25, 0.3) is 5.91 Å². The molecule has 0 bridgehead atoms. The van der Waals surface area contributed by atoms with Gasteiger partial charge in [0, 0.05) is 25.8 Å². The molecular formula is C12H19N3O2S. The SMILES string of the molecule is CN(Cc1ccsc1C(=O)NN)C1CCOCC1. The third kappa shape index (κ3) is 3.08. The van der Waals surface area contributed by atoms with Crippen LogP contribution in [0.2, 0.25) is 0 Å². The van der Waals surface area contributed by atoms with Crippen LogP contribution >= 0.6 is 11.3 Å². The molecule has 0 radical (unpaired) electrons. The van der Waals surface area contributed by atoms with Crippen LogP contribution in [-0.4, -0.2) is 37.1 Å². The van der Waals surface area contributed by atoms with Crippen molar-refractivity contribution in [3.63, 3.8) is 0 Å². The van der Waals surface area contributed by atoms with Crippen LogP contribution in [0.1, 0.15) is 28.1 Å². The average Bonchev–Trinajstić information content (AvgIpc) is 2.87. The first-order chi connectivity index (χ1) is 8.72. The molecule has 1 amide bonds. The van der Waals surface area contributed by atoms with Crippen molar-refractivity contribution in [1.29, 1.82) is 0 Å². The van der Waals surface area contributed by atoms with Gasteiger partial charge in [-0.3, -0.25) is 15.1 Å². The van der Waals surface area contributed by atoms with Gasteiger partial charge in [0.05, 0.1) is 4.88 Å². The maximum atomic E-state index is 11.6. The van der Waals surface area contributed by atoms with E-state index in [2.05, 4.69) is 17.4 Å². The van der Waals surface area contributed by atoms with Gasteiger partial charge < -0.3 is 4.74 Å². The highest BCUT2D eigenvalue weighted by Crippen LogP contribution is 2.21. The molecule has 0 atom stereocenters. The van der Waals surface area contributed by atoms with Gasteiger partial charge in [-0.2, -0.15) is 0 Å². The van der Waals surface area contributed by atoms with Crippen molar-refractivity contribution in [3.8, 4) is 0 Å². The van der Waals surface area contributed by atoms with Crippen LogP contribution in [-0.2, 0) is 11.3 Å². The van der Waals surface area contributed by atoms with Crippen LogP contribution < -0.4 is 11.3 Å². The fourth-order valence-electron chi connectivity index (χ4n) is 2.25. The smallest absolute Gasteiger partial charge is 0.275 e. The minimum atomic E-state index is -0.208. The Morgan fingerprint density at radius 2 is 2.33 bits per heavy atom. The van der Waals surface area contributed by atoms with Crippen LogP contribution in [0.25, 0.3) is 0 Å². The summed E-state index contributed by atoms with van der Waals surface area (Å²) in [5.74, 6) is 4.97. The Morgan fingerprint density at radius 1 is 1.61 bits per heavy atom. The highest BCUT2D eigenvalue weighted by Gasteiger charge is 2.20. The van der Waals surface area contributed by atoms with E-state index < -0.39 is 0 Å². The first-order valence-corrected chi connectivity index (χ1v) is 6.95. The number of nitrogens with one attached hydrogen (secondary N) is 1. The number of nitrogen functional groups attached to an aromatic ring is 1. The Balaban J connectivity index is 2.00. The number of hydrazine groups is 1. The Morgan fingerprint density at radius 3 is 3.00 bits per heavy atom. The summed E-state index contributed by atoms with van der Waals surface area (Å²) in [6.45, 7) is 2.43. The van der Waals surface area contributed by atoms with Crippen LogP contribution in [0.5, 0.6) is 0 Å². The molecule has 2 heterocycles. The number of carbonyl (C=O) groups is 1. The van der Waals surface area contributed by atoms with E-state index in [9.17, 15) is 4.79 Å². The topological polar surface area (TPSA) is 67.6 Å². The van der Waals surface area contributed by atoms with Gasteiger partial charge in [-0.05, 0) is 36.9 Å². The van der Waals surface area contributed by atoms with Crippen LogP contribution in [0, 0.1) is 0 Å². The summed E-state index contributed by atoms with van der Waals surface area (Å²) >= 11 is 1.43. The predicted octanol–water partition coefficient (Wildman–Crippen LogP) is 0.962. The third-order valence-electron chi connectivity index (χ3n) is 3.32. The number of amides is 1. The van der Waals surface area contributed by atoms with E-state index in [1.807, 2.05) is 11.4 Å². The van der Waals surface area contributed by atoms with Gasteiger partial charge in [0.2, 0.25) is 0 Å². The summed E-state index contributed by atoms with van der Waals surface area (Å²) in [4.78, 5) is 14.6. The molecular weight excluding hydrogens is 250 g/mol. The van der Waals surface area contributed by atoms with Crippen LogP contribution in [0.3, 0.4) is 0 Å². The van der Waals surface area contributed by atoms with Gasteiger partial charge in [0.15, 0.2) is 0 Å². The van der Waals surface area contributed by atoms with Gasteiger partial charge in [-0.25, -0.2) is 5.84 Å². The van der Waals surface area contributed by atoms with Crippen molar-refractivity contribution in [2.45, 2.75) is 25.4 Å². The van der Waals surface area contributed by atoms with E-state index in [1.165, 1.54) is 11.3 Å². The number of nitrogens with two attached hydrogens (primary N) is 1. The highest BCUT2D eigenvalue weighted by molar-refractivity contribution is 7.12. The first kappa shape index (κ1) is 13.5. The number of hydrogen-bond donors (Lipinski definition) is 2. The molecule has 1 aromatic rings. The van der Waals surface area contributed by atoms with E-state index >= 15 is 0 Å². The Hall–Kier alpha value is -0.950. The minimum Gasteiger partial charge on any atom is -0.381 e. The fourth-order valence-corrected chi connectivity index (χ4v) is 3.07. The molecule has 0 unspecified atom stereocenters. The highest BCUT2D eigenvalue weighted by atomic mass is 32.1. The number of carbonyl (C=O) groups excluding carboxylic acids is 1. The summed E-state index contributed by atoms with van der Waals surface area (Å²) in [5, 5.41) is 1.93. The average molecular weight is 269 g/mol. The molecule has 0 saturated carbocycles. The van der Waals surface area contributed by atoms with Crippen molar-refractivity contribution < 1.29 is 9.53 Å². The molecule has 1 fully saturated rings. The van der Waals surface area contributed by atoms with Crippen molar-refractivity contribution in [2.24, 2.45) is 5.84 Å². The largest absolute Gasteiger partial charge is 0.381 e. The number of thiophene rings is 1. The molecule has 5 nitrogen and oxygen atoms in total. The molecule has 0 aliphatic carbocycles. The molecule has 18 heavy (non-hydrogen) atoms. The summed E-state index contributed by atoms with van der Waals surface area (Å²) in [7, 11) is 2.10. The molecule has 1 saturated heterocycles. The van der Waals surface area contributed by atoms with E-state index in [1.54, 1.807) is 0 Å². The minimum absolute atomic E-state index is 0.208. The lowest BCUT2D eigenvalue weighted by Crippen LogP contribution is -2.37. The lowest BCUT2D eigenvalue weighted by Gasteiger charge is -2.31. The predicted molar refractivity (Wildman–Crippen MR) is 71.3 cm³/mol. The van der Waals surface area contributed by atoms with E-state index in [0.717, 1.165) is 38.2 Å². The number of hydrogen-bond acceptors (Lipinski definition) is 5. The van der Waals surface area contributed by atoms with Crippen molar-refractivity contribution >= 4 is 17.2 Å². The van der Waals surface area contributed by atoms with Crippen molar-refractivity contribution in [3.05, 3.63) is 21.9 Å². The molecule has 6 heteroatoms. The van der Waals surface area contributed by atoms with Crippen molar-refractivity contribution in [2.75, 3.05) is 20.3 Å². The summed E-state index contributed by atoms with van der Waals surface area (Å²) < 4.78 is 5.36. The fraction of sp³-hybridized carbons (Fsp3) is 0.583. The molecule has 1 aliphatic heterocycles. The number of ether oxygens (including phenoxy) is 1. The lowest BCUT2D eigenvalue weighted by molar-refractivity contribution is 0.0406. The Kier molecular flexibility index (Phi) is 4.71. The zero-order valence-electron chi connectivity index (χ0n) is 10.5. The maximum absolute atomic E-state index is 11.6. The molecule has 0 spiro atoms. The maximum Gasteiger partial charge on any atom is 0.275 e. The molecule has 0 aromatic carbocycles. The van der Waals surface area contributed by atoms with Gasteiger partial charge in [0.1, 0.15) is 0 Å². The second-order valence-corrected chi connectivity index (χ2v) is 5.42. The summed E-state index contributed by atoms with van der Waals surface area (Å²) in [5.41, 5.74) is 3.23. The molecule has 3 N–H and O–H groups in total. The lowest BCUT2D eigenvalue weighted by atomic mass is 10.1. The van der Waals surface area contributed by atoms with Gasteiger partial charge in [-0.1, -0.05) is 0 Å². The number of rotatable bonds is 4. The Labute approximate surface area is 111 Å². The Bertz CT molecular complexity index is 402. The zero-order chi connectivity index (χ0) is 13.0. The van der Waals surface area contributed by atoms with Crippen molar-refractivity contribution in [1.82, 2.24) is 10.3 Å². The first-order valence-electron chi connectivity index (χ1n) is 6.07. The summed E-state index contributed by atoms with van der Waals surface area (Å²) in [6, 6.07) is 2.53. The molecule has 100 valence electrons. The molecule has 1 aromatic heterocycles. The van der Waals surface area contributed by atoms with Gasteiger partial charge in [-0.15, -0.1) is 11.3 Å². The second-order valence-electron chi connectivity index (χ2n) is 4.51. The molecule has 1 aliphatic rings. The van der Waals surface area contributed by atoms with E-state index in [0.29, 0.717) is 10.9 Å². The quantitative estimate of drug-likeness (QED) is 0.485.